The van der Waals surface area contributed by atoms with Crippen molar-refractivity contribution in [2.24, 2.45) is 0 Å². The molecule has 0 radical (unpaired) electrons. The molecule has 2 rings (SSSR count). The van der Waals surface area contributed by atoms with Gasteiger partial charge >= 0.3 is 6.09 Å². The first-order chi connectivity index (χ1) is 13.4. The molecule has 2 unspecified atom stereocenters. The molecule has 0 fully saturated rings. The summed E-state index contributed by atoms with van der Waals surface area (Å²) in [6.07, 6.45) is -2.73. The van der Waals surface area contributed by atoms with Crippen LogP contribution >= 0.6 is 0 Å². The quantitative estimate of drug-likeness (QED) is 0.645. The summed E-state index contributed by atoms with van der Waals surface area (Å²) < 4.78 is 5.08. The molecule has 0 saturated carbocycles. The average molecular weight is 386 g/mol. The Morgan fingerprint density at radius 2 is 1.79 bits per heavy atom. The Bertz CT molecular complexity index is 779. The number of aliphatic hydroxyl groups excluding tert-OH is 2. The molecule has 0 saturated heterocycles. The van der Waals surface area contributed by atoms with Gasteiger partial charge in [0.2, 0.25) is 0 Å². The van der Waals surface area contributed by atoms with Crippen LogP contribution in [0.4, 0.5) is 4.79 Å². The Hall–Kier alpha value is -2.90. The van der Waals surface area contributed by atoms with Gasteiger partial charge in [0, 0.05) is 26.2 Å². The van der Waals surface area contributed by atoms with Crippen LogP contribution in [0.2, 0.25) is 0 Å². The highest BCUT2D eigenvalue weighted by Crippen LogP contribution is 2.20. The standard InChI is InChI=1S/C21H26N2O5/c1-23(2)20(26)17-10-6-9-16(13-17)19(25)18(24)11-12-22-21(27)28-14-15-7-4-3-5-8-15/h3-10,13,18-19,24-25H,11-12,14H2,1-2H3,(H,22,27). The van der Waals surface area contributed by atoms with Gasteiger partial charge in [-0.2, -0.15) is 0 Å². The van der Waals surface area contributed by atoms with Crippen molar-refractivity contribution in [3.8, 4) is 0 Å². The van der Waals surface area contributed by atoms with Gasteiger partial charge in [0.1, 0.15) is 12.7 Å². The number of carbonyl (C=O) groups excluding carboxylic acids is 2. The van der Waals surface area contributed by atoms with Crippen LogP contribution in [0.15, 0.2) is 54.6 Å². The molecule has 0 aliphatic heterocycles. The first-order valence-electron chi connectivity index (χ1n) is 9.00. The molecule has 7 heteroatoms. The largest absolute Gasteiger partial charge is 0.445 e. The number of ether oxygens (including phenoxy) is 1. The summed E-state index contributed by atoms with van der Waals surface area (Å²) in [7, 11) is 3.28. The third kappa shape index (κ3) is 6.37. The molecule has 28 heavy (non-hydrogen) atoms. The van der Waals surface area contributed by atoms with Crippen molar-refractivity contribution in [3.05, 3.63) is 71.3 Å². The van der Waals surface area contributed by atoms with E-state index in [1.165, 1.54) is 4.90 Å². The highest BCUT2D eigenvalue weighted by Gasteiger charge is 2.20. The molecule has 2 aromatic rings. The summed E-state index contributed by atoms with van der Waals surface area (Å²) in [6, 6.07) is 15.8. The van der Waals surface area contributed by atoms with Crippen molar-refractivity contribution in [2.45, 2.75) is 25.2 Å². The monoisotopic (exact) mass is 386 g/mol. The van der Waals surface area contributed by atoms with E-state index < -0.39 is 18.3 Å². The molecule has 0 spiro atoms. The molecular formula is C21H26N2O5. The fourth-order valence-electron chi connectivity index (χ4n) is 2.59. The van der Waals surface area contributed by atoms with Gasteiger partial charge in [-0.1, -0.05) is 42.5 Å². The number of aliphatic hydroxyl groups is 2. The van der Waals surface area contributed by atoms with Crippen LogP contribution < -0.4 is 5.32 Å². The number of hydrogen-bond donors (Lipinski definition) is 3. The molecule has 2 aromatic carbocycles. The minimum absolute atomic E-state index is 0.132. The molecule has 2 amide bonds. The predicted octanol–water partition coefficient (Wildman–Crippen LogP) is 2.10. The molecule has 7 nitrogen and oxygen atoms in total. The third-order valence-electron chi connectivity index (χ3n) is 4.17. The molecule has 0 aliphatic carbocycles. The lowest BCUT2D eigenvalue weighted by Crippen LogP contribution is -2.30. The van der Waals surface area contributed by atoms with Crippen LogP contribution in [0, 0.1) is 0 Å². The number of carbonyl (C=O) groups is 2. The van der Waals surface area contributed by atoms with Crippen LogP contribution in [0.5, 0.6) is 0 Å². The Kier molecular flexibility index (Phi) is 7.98. The lowest BCUT2D eigenvalue weighted by molar-refractivity contribution is 0.0136. The fraction of sp³-hybridized carbons (Fsp3) is 0.333. The number of nitrogens with zero attached hydrogens (tertiary/aromatic N) is 1. The second-order valence-electron chi connectivity index (χ2n) is 6.61. The summed E-state index contributed by atoms with van der Waals surface area (Å²) in [5.41, 5.74) is 1.74. The molecule has 3 N–H and O–H groups in total. The highest BCUT2D eigenvalue weighted by molar-refractivity contribution is 5.94. The second-order valence-corrected chi connectivity index (χ2v) is 6.61. The van der Waals surface area contributed by atoms with Gasteiger partial charge < -0.3 is 25.2 Å². The minimum atomic E-state index is -1.17. The summed E-state index contributed by atoms with van der Waals surface area (Å²) >= 11 is 0. The third-order valence-corrected chi connectivity index (χ3v) is 4.17. The normalized spacial score (nSPS) is 12.7. The van der Waals surface area contributed by atoms with Crippen molar-refractivity contribution in [1.82, 2.24) is 10.2 Å². The first-order valence-corrected chi connectivity index (χ1v) is 9.00. The Balaban J connectivity index is 1.79. The topological polar surface area (TPSA) is 99.1 Å². The first kappa shape index (κ1) is 21.4. The van der Waals surface area contributed by atoms with Gasteiger partial charge in [-0.15, -0.1) is 0 Å². The maximum atomic E-state index is 12.0. The summed E-state index contributed by atoms with van der Waals surface area (Å²) in [6.45, 7) is 0.298. The van der Waals surface area contributed by atoms with E-state index in [9.17, 15) is 19.8 Å². The van der Waals surface area contributed by atoms with E-state index in [0.717, 1.165) is 5.56 Å². The zero-order valence-corrected chi connectivity index (χ0v) is 16.0. The van der Waals surface area contributed by atoms with Crippen LogP contribution in [0.1, 0.15) is 34.0 Å². The van der Waals surface area contributed by atoms with Crippen LogP contribution in [0.3, 0.4) is 0 Å². The van der Waals surface area contributed by atoms with E-state index in [-0.39, 0.29) is 25.5 Å². The molecule has 0 aromatic heterocycles. The van der Waals surface area contributed by atoms with Gasteiger partial charge in [-0.05, 0) is 29.7 Å². The average Bonchev–Trinajstić information content (AvgIpc) is 2.71. The number of nitrogens with one attached hydrogen (secondary N) is 1. The smallest absolute Gasteiger partial charge is 0.407 e. The molecule has 0 bridgehead atoms. The van der Waals surface area contributed by atoms with E-state index in [4.69, 9.17) is 4.74 Å². The van der Waals surface area contributed by atoms with Gasteiger partial charge in [-0.25, -0.2) is 4.79 Å². The van der Waals surface area contributed by atoms with Crippen molar-refractivity contribution in [2.75, 3.05) is 20.6 Å². The lowest BCUT2D eigenvalue weighted by Gasteiger charge is -2.19. The van der Waals surface area contributed by atoms with Crippen LogP contribution in [-0.4, -0.2) is 53.9 Å². The molecular weight excluding hydrogens is 360 g/mol. The predicted molar refractivity (Wildman–Crippen MR) is 105 cm³/mol. The van der Waals surface area contributed by atoms with Crippen molar-refractivity contribution < 1.29 is 24.5 Å². The van der Waals surface area contributed by atoms with E-state index in [1.807, 2.05) is 30.3 Å². The summed E-state index contributed by atoms with van der Waals surface area (Å²) in [5.74, 6) is -0.189. The molecule has 2 atom stereocenters. The Labute approximate surface area is 164 Å². The Morgan fingerprint density at radius 1 is 1.07 bits per heavy atom. The number of rotatable bonds is 8. The summed E-state index contributed by atoms with van der Waals surface area (Å²) in [5, 5.41) is 23.1. The summed E-state index contributed by atoms with van der Waals surface area (Å²) in [4.78, 5) is 25.2. The lowest BCUT2D eigenvalue weighted by atomic mass is 10.00. The van der Waals surface area contributed by atoms with Gasteiger partial charge in [0.15, 0.2) is 0 Å². The van der Waals surface area contributed by atoms with Crippen molar-refractivity contribution >= 4 is 12.0 Å². The maximum absolute atomic E-state index is 12.0. The van der Waals surface area contributed by atoms with E-state index >= 15 is 0 Å². The van der Waals surface area contributed by atoms with Crippen molar-refractivity contribution in [3.63, 3.8) is 0 Å². The van der Waals surface area contributed by atoms with E-state index in [0.29, 0.717) is 11.1 Å². The zero-order valence-electron chi connectivity index (χ0n) is 16.0. The Morgan fingerprint density at radius 3 is 2.46 bits per heavy atom. The fourth-order valence-corrected chi connectivity index (χ4v) is 2.59. The zero-order chi connectivity index (χ0) is 20.5. The minimum Gasteiger partial charge on any atom is -0.445 e. The second kappa shape index (κ2) is 10.4. The van der Waals surface area contributed by atoms with E-state index in [1.54, 1.807) is 38.4 Å². The molecule has 0 aliphatic rings. The van der Waals surface area contributed by atoms with Gasteiger partial charge in [0.05, 0.1) is 6.10 Å². The van der Waals surface area contributed by atoms with Gasteiger partial charge in [-0.3, -0.25) is 4.79 Å². The number of hydrogen-bond acceptors (Lipinski definition) is 5. The highest BCUT2D eigenvalue weighted by atomic mass is 16.5. The van der Waals surface area contributed by atoms with Crippen molar-refractivity contribution in [1.29, 1.82) is 0 Å². The van der Waals surface area contributed by atoms with Gasteiger partial charge in [0.25, 0.3) is 5.91 Å². The molecule has 0 heterocycles. The number of amides is 2. The van der Waals surface area contributed by atoms with Crippen LogP contribution in [0.25, 0.3) is 0 Å². The molecule has 150 valence electrons. The number of alkyl carbamates (subject to hydrolysis) is 1. The number of benzene rings is 2. The van der Waals surface area contributed by atoms with E-state index in [2.05, 4.69) is 5.32 Å². The SMILES string of the molecule is CN(C)C(=O)c1cccc(C(O)C(O)CCNC(=O)OCc2ccccc2)c1. The maximum Gasteiger partial charge on any atom is 0.407 e. The van der Waals surface area contributed by atoms with Crippen LogP contribution in [-0.2, 0) is 11.3 Å².